The van der Waals surface area contributed by atoms with Crippen molar-refractivity contribution < 1.29 is 0 Å². The van der Waals surface area contributed by atoms with Crippen LogP contribution in [-0.2, 0) is 13.0 Å². The minimum atomic E-state index is 0.164. The predicted octanol–water partition coefficient (Wildman–Crippen LogP) is 2.27. The first-order chi connectivity index (χ1) is 7.70. The van der Waals surface area contributed by atoms with E-state index >= 15 is 0 Å². The van der Waals surface area contributed by atoms with E-state index < -0.39 is 0 Å². The van der Waals surface area contributed by atoms with Crippen molar-refractivity contribution in [1.29, 1.82) is 0 Å². The maximum atomic E-state index is 6.21. The van der Waals surface area contributed by atoms with Gasteiger partial charge in [-0.15, -0.1) is 0 Å². The molecule has 0 aliphatic carbocycles. The molecule has 98 valence electrons. The molecular formula is C12H23ClN4. The zero-order valence-corrected chi connectivity index (χ0v) is 12.2. The van der Waals surface area contributed by atoms with Gasteiger partial charge in [0.2, 0.25) is 0 Å². The molecular weight excluding hydrogens is 236 g/mol. The van der Waals surface area contributed by atoms with Crippen molar-refractivity contribution in [2.75, 3.05) is 26.4 Å². The first kappa shape index (κ1) is 14.3. The highest BCUT2D eigenvalue weighted by atomic mass is 35.5. The number of likely N-dealkylation sites (N-methyl/N-ethyl adjacent to an activating group) is 1. The van der Waals surface area contributed by atoms with E-state index in [-0.39, 0.29) is 5.41 Å². The Bertz CT molecular complexity index is 377. The topological polar surface area (TPSA) is 47.1 Å². The number of hydrogen-bond donors (Lipinski definition) is 1. The summed E-state index contributed by atoms with van der Waals surface area (Å²) >= 11 is 6.21. The summed E-state index contributed by atoms with van der Waals surface area (Å²) < 4.78 is 1.80. The smallest absolute Gasteiger partial charge is 0.140 e. The van der Waals surface area contributed by atoms with Gasteiger partial charge in [0.25, 0.3) is 0 Å². The molecule has 0 aromatic carbocycles. The summed E-state index contributed by atoms with van der Waals surface area (Å²) in [6.45, 7) is 8.16. The van der Waals surface area contributed by atoms with Crippen LogP contribution in [0.4, 0.5) is 5.82 Å². The molecule has 4 nitrogen and oxygen atoms in total. The number of nitrogens with zero attached hydrogens (tertiary/aromatic N) is 3. The van der Waals surface area contributed by atoms with E-state index in [1.165, 1.54) is 0 Å². The Morgan fingerprint density at radius 3 is 2.41 bits per heavy atom. The van der Waals surface area contributed by atoms with E-state index in [9.17, 15) is 0 Å². The summed E-state index contributed by atoms with van der Waals surface area (Å²) in [5.41, 5.74) is 7.02. The van der Waals surface area contributed by atoms with Gasteiger partial charge in [-0.3, -0.25) is 0 Å². The molecule has 1 heterocycles. The lowest BCUT2D eigenvalue weighted by molar-refractivity contribution is 0.369. The first-order valence-corrected chi connectivity index (χ1v) is 6.24. The summed E-state index contributed by atoms with van der Waals surface area (Å²) in [5, 5.41) is 5.11. The van der Waals surface area contributed by atoms with Crippen LogP contribution >= 0.6 is 11.6 Å². The Morgan fingerprint density at radius 1 is 1.35 bits per heavy atom. The minimum Gasteiger partial charge on any atom is -0.383 e. The number of rotatable bonds is 4. The van der Waals surface area contributed by atoms with Crippen molar-refractivity contribution in [2.45, 2.75) is 33.7 Å². The van der Waals surface area contributed by atoms with Gasteiger partial charge in [-0.2, -0.15) is 5.10 Å². The third-order valence-electron chi connectivity index (χ3n) is 2.45. The minimum absolute atomic E-state index is 0.164. The molecule has 0 spiro atoms. The molecule has 2 N–H and O–H groups in total. The maximum absolute atomic E-state index is 6.21. The fraction of sp³-hybridized carbons (Fsp3) is 0.750. The van der Waals surface area contributed by atoms with Crippen LogP contribution in [0.15, 0.2) is 0 Å². The highest BCUT2D eigenvalue weighted by molar-refractivity contribution is 6.33. The Kier molecular flexibility index (Phi) is 4.44. The number of hydrogen-bond acceptors (Lipinski definition) is 3. The van der Waals surface area contributed by atoms with Gasteiger partial charge < -0.3 is 10.6 Å². The molecule has 0 saturated heterocycles. The monoisotopic (exact) mass is 258 g/mol. The Balaban J connectivity index is 2.84. The van der Waals surface area contributed by atoms with E-state index in [2.05, 4.69) is 30.8 Å². The maximum Gasteiger partial charge on any atom is 0.140 e. The predicted molar refractivity (Wildman–Crippen MR) is 73.4 cm³/mol. The lowest BCUT2D eigenvalue weighted by Crippen LogP contribution is -2.20. The van der Waals surface area contributed by atoms with Gasteiger partial charge in [-0.25, -0.2) is 4.68 Å². The average molecular weight is 259 g/mol. The standard InChI is InChI=1S/C12H23ClN4/c1-12(2,3)8-9-10(13)11(14)17(15-9)7-6-16(4)5/h6-8,14H2,1-5H3. The Hall–Kier alpha value is -0.740. The van der Waals surface area contributed by atoms with Crippen molar-refractivity contribution in [2.24, 2.45) is 5.41 Å². The van der Waals surface area contributed by atoms with Crippen molar-refractivity contribution in [3.8, 4) is 0 Å². The van der Waals surface area contributed by atoms with Crippen LogP contribution in [0, 0.1) is 5.41 Å². The van der Waals surface area contributed by atoms with Crippen LogP contribution in [0.25, 0.3) is 0 Å². The largest absolute Gasteiger partial charge is 0.383 e. The molecule has 0 fully saturated rings. The summed E-state index contributed by atoms with van der Waals surface area (Å²) in [6.07, 6.45) is 0.838. The van der Waals surface area contributed by atoms with Crippen molar-refractivity contribution in [3.63, 3.8) is 0 Å². The molecule has 0 radical (unpaired) electrons. The number of halogens is 1. The number of nitrogens with two attached hydrogens (primary N) is 1. The van der Waals surface area contributed by atoms with Crippen molar-refractivity contribution >= 4 is 17.4 Å². The van der Waals surface area contributed by atoms with Gasteiger partial charge in [0.1, 0.15) is 10.8 Å². The van der Waals surface area contributed by atoms with Crippen LogP contribution in [-0.4, -0.2) is 35.3 Å². The molecule has 0 atom stereocenters. The lowest BCUT2D eigenvalue weighted by atomic mass is 9.91. The van der Waals surface area contributed by atoms with Crippen LogP contribution in [0.2, 0.25) is 5.02 Å². The van der Waals surface area contributed by atoms with E-state index in [4.69, 9.17) is 17.3 Å². The second kappa shape index (κ2) is 5.27. The average Bonchev–Trinajstić information content (AvgIpc) is 2.41. The second-order valence-electron chi connectivity index (χ2n) is 5.91. The molecule has 1 aromatic rings. The summed E-state index contributed by atoms with van der Waals surface area (Å²) in [5.74, 6) is 0.577. The fourth-order valence-corrected chi connectivity index (χ4v) is 1.79. The first-order valence-electron chi connectivity index (χ1n) is 5.86. The third-order valence-corrected chi connectivity index (χ3v) is 2.87. The molecule has 0 unspecified atom stereocenters. The molecule has 0 aliphatic rings. The molecule has 1 rings (SSSR count). The van der Waals surface area contributed by atoms with Crippen LogP contribution < -0.4 is 5.73 Å². The molecule has 0 amide bonds. The highest BCUT2D eigenvalue weighted by Gasteiger charge is 2.19. The fourth-order valence-electron chi connectivity index (χ4n) is 1.59. The van der Waals surface area contributed by atoms with E-state index in [1.807, 2.05) is 14.1 Å². The van der Waals surface area contributed by atoms with Crippen LogP contribution in [0.5, 0.6) is 0 Å². The summed E-state index contributed by atoms with van der Waals surface area (Å²) in [7, 11) is 4.05. The molecule has 0 bridgehead atoms. The lowest BCUT2D eigenvalue weighted by Gasteiger charge is -2.16. The second-order valence-corrected chi connectivity index (χ2v) is 6.29. The molecule has 1 aromatic heterocycles. The summed E-state index contributed by atoms with van der Waals surface area (Å²) in [6, 6.07) is 0. The molecule has 0 saturated carbocycles. The SMILES string of the molecule is CN(C)CCn1nc(CC(C)(C)C)c(Cl)c1N. The van der Waals surface area contributed by atoms with Crippen LogP contribution in [0.1, 0.15) is 26.5 Å². The number of nitrogen functional groups attached to an aromatic ring is 1. The van der Waals surface area contributed by atoms with E-state index in [1.54, 1.807) is 4.68 Å². The number of anilines is 1. The normalized spacial score (nSPS) is 12.4. The van der Waals surface area contributed by atoms with Gasteiger partial charge in [0, 0.05) is 6.54 Å². The van der Waals surface area contributed by atoms with Gasteiger partial charge in [-0.05, 0) is 25.9 Å². The third kappa shape index (κ3) is 4.21. The van der Waals surface area contributed by atoms with Gasteiger partial charge in [-0.1, -0.05) is 32.4 Å². The zero-order chi connectivity index (χ0) is 13.2. The van der Waals surface area contributed by atoms with E-state index in [0.717, 1.165) is 25.2 Å². The molecule has 5 heteroatoms. The highest BCUT2D eigenvalue weighted by Crippen LogP contribution is 2.29. The summed E-state index contributed by atoms with van der Waals surface area (Å²) in [4.78, 5) is 2.10. The van der Waals surface area contributed by atoms with E-state index in [0.29, 0.717) is 10.8 Å². The van der Waals surface area contributed by atoms with Crippen LogP contribution in [0.3, 0.4) is 0 Å². The quantitative estimate of drug-likeness (QED) is 0.901. The van der Waals surface area contributed by atoms with Crippen molar-refractivity contribution in [1.82, 2.24) is 14.7 Å². The van der Waals surface area contributed by atoms with Gasteiger partial charge in [0.05, 0.1) is 12.2 Å². The Morgan fingerprint density at radius 2 is 1.94 bits per heavy atom. The molecule has 0 aliphatic heterocycles. The zero-order valence-electron chi connectivity index (χ0n) is 11.4. The number of aromatic nitrogens is 2. The van der Waals surface area contributed by atoms with Gasteiger partial charge >= 0.3 is 0 Å². The Labute approximate surface area is 109 Å². The van der Waals surface area contributed by atoms with Crippen molar-refractivity contribution in [3.05, 3.63) is 10.7 Å². The molecule has 17 heavy (non-hydrogen) atoms. The van der Waals surface area contributed by atoms with Gasteiger partial charge in [0.15, 0.2) is 0 Å².